The first-order chi connectivity index (χ1) is 8.69. The maximum atomic E-state index is 10.7. The van der Waals surface area contributed by atoms with Gasteiger partial charge in [0, 0.05) is 6.92 Å². The van der Waals surface area contributed by atoms with Gasteiger partial charge in [0.05, 0.1) is 23.1 Å². The second-order valence-electron chi connectivity index (χ2n) is 3.43. The zero-order chi connectivity index (χ0) is 13.0. The maximum Gasteiger partial charge on any atom is 0.186 e. The van der Waals surface area contributed by atoms with Crippen LogP contribution in [0, 0.1) is 11.8 Å². The Morgan fingerprint density at radius 3 is 3.11 bits per heavy atom. The fourth-order valence-electron chi connectivity index (χ4n) is 1.33. The molecule has 5 heteroatoms. The van der Waals surface area contributed by atoms with E-state index in [0.29, 0.717) is 5.75 Å². The van der Waals surface area contributed by atoms with Gasteiger partial charge in [0.1, 0.15) is 5.75 Å². The van der Waals surface area contributed by atoms with Crippen LogP contribution in [0.2, 0.25) is 0 Å². The Morgan fingerprint density at radius 2 is 2.39 bits per heavy atom. The van der Waals surface area contributed by atoms with Crippen LogP contribution in [0.5, 0.6) is 5.75 Å². The molecule has 1 heterocycles. The number of hydrogen-bond acceptors (Lipinski definition) is 5. The van der Waals surface area contributed by atoms with Crippen molar-refractivity contribution in [2.45, 2.75) is 6.92 Å². The zero-order valence-electron chi connectivity index (χ0n) is 10.0. The first kappa shape index (κ1) is 12.9. The van der Waals surface area contributed by atoms with Crippen LogP contribution < -0.4 is 4.74 Å². The molecule has 1 aromatic heterocycles. The zero-order valence-corrected chi connectivity index (χ0v) is 11.7. The van der Waals surface area contributed by atoms with Crippen molar-refractivity contribution < 1.29 is 9.53 Å². The second-order valence-corrected chi connectivity index (χ2v) is 5.62. The van der Waals surface area contributed by atoms with Gasteiger partial charge < -0.3 is 4.74 Å². The lowest BCUT2D eigenvalue weighted by Crippen LogP contribution is -1.82. The van der Waals surface area contributed by atoms with Crippen LogP contribution in [0.4, 0.5) is 0 Å². The molecule has 0 aliphatic rings. The second kappa shape index (κ2) is 5.89. The summed E-state index contributed by atoms with van der Waals surface area (Å²) in [7, 11) is 1.64. The van der Waals surface area contributed by atoms with Crippen LogP contribution in [0.1, 0.15) is 11.9 Å². The monoisotopic (exact) mass is 277 g/mol. The first-order valence-corrected chi connectivity index (χ1v) is 7.06. The van der Waals surface area contributed by atoms with Crippen molar-refractivity contribution >= 4 is 38.4 Å². The molecule has 0 aliphatic carbocycles. The fraction of sp³-hybridized carbons (Fsp3) is 0.231. The van der Waals surface area contributed by atoms with Crippen molar-refractivity contribution in [3.8, 4) is 17.6 Å². The van der Waals surface area contributed by atoms with E-state index in [1.54, 1.807) is 7.11 Å². The summed E-state index contributed by atoms with van der Waals surface area (Å²) in [4.78, 5) is 15.1. The molecule has 0 amide bonds. The van der Waals surface area contributed by atoms with Crippen molar-refractivity contribution in [2.75, 3.05) is 12.9 Å². The molecule has 2 aromatic rings. The highest BCUT2D eigenvalue weighted by molar-refractivity contribution is 8.13. The Morgan fingerprint density at radius 1 is 1.56 bits per heavy atom. The highest BCUT2D eigenvalue weighted by Crippen LogP contribution is 2.25. The van der Waals surface area contributed by atoms with Crippen molar-refractivity contribution in [1.29, 1.82) is 0 Å². The number of benzene rings is 1. The van der Waals surface area contributed by atoms with E-state index >= 15 is 0 Å². The molecule has 0 aliphatic heterocycles. The molecule has 0 N–H and O–H groups in total. The molecule has 92 valence electrons. The first-order valence-electron chi connectivity index (χ1n) is 5.26. The summed E-state index contributed by atoms with van der Waals surface area (Å²) >= 11 is 2.73. The van der Waals surface area contributed by atoms with Crippen LogP contribution in [0.25, 0.3) is 10.2 Å². The number of hydrogen-bond donors (Lipinski definition) is 0. The molecular weight excluding hydrogens is 266 g/mol. The summed E-state index contributed by atoms with van der Waals surface area (Å²) in [5.74, 6) is 7.23. The topological polar surface area (TPSA) is 39.2 Å². The fourth-order valence-corrected chi connectivity index (χ4v) is 2.55. The van der Waals surface area contributed by atoms with Gasteiger partial charge in [0.25, 0.3) is 0 Å². The number of nitrogens with zero attached hydrogens (tertiary/aromatic N) is 1. The van der Waals surface area contributed by atoms with Crippen molar-refractivity contribution in [2.24, 2.45) is 0 Å². The molecule has 0 unspecified atom stereocenters. The number of methoxy groups -OCH3 is 1. The third-order valence-electron chi connectivity index (χ3n) is 2.14. The van der Waals surface area contributed by atoms with Gasteiger partial charge in [-0.2, -0.15) is 0 Å². The molecule has 0 bridgehead atoms. The maximum absolute atomic E-state index is 10.7. The Balaban J connectivity index is 2.17. The number of fused-ring (bicyclic) bond motifs is 1. The van der Waals surface area contributed by atoms with E-state index in [4.69, 9.17) is 4.74 Å². The standard InChI is InChI=1S/C13H11NO2S2/c1-9(15)17-7-3-4-13-14-11-6-5-10(16-2)8-12(11)18-13/h5-6,8H,7H2,1-2H3. The molecule has 2 rings (SSSR count). The number of aromatic nitrogens is 1. The van der Waals surface area contributed by atoms with Gasteiger partial charge in [0.15, 0.2) is 10.1 Å². The van der Waals surface area contributed by atoms with Gasteiger partial charge in [-0.25, -0.2) is 4.98 Å². The molecule has 0 saturated heterocycles. The Hall–Kier alpha value is -1.51. The Kier molecular flexibility index (Phi) is 4.24. The normalized spacial score (nSPS) is 9.89. The van der Waals surface area contributed by atoms with Gasteiger partial charge in [-0.05, 0) is 24.1 Å². The number of carbonyl (C=O) groups is 1. The predicted octanol–water partition coefficient (Wildman–Crippen LogP) is 2.94. The molecule has 3 nitrogen and oxygen atoms in total. The quantitative estimate of drug-likeness (QED) is 0.791. The average Bonchev–Trinajstić information content (AvgIpc) is 2.75. The molecule has 18 heavy (non-hydrogen) atoms. The van der Waals surface area contributed by atoms with E-state index in [0.717, 1.165) is 21.0 Å². The smallest absolute Gasteiger partial charge is 0.186 e. The summed E-state index contributed by atoms with van der Waals surface area (Å²) in [5, 5.41) is 0.848. The lowest BCUT2D eigenvalue weighted by molar-refractivity contribution is -0.109. The van der Waals surface area contributed by atoms with Gasteiger partial charge >= 0.3 is 0 Å². The van der Waals surface area contributed by atoms with E-state index in [1.165, 1.54) is 30.0 Å². The van der Waals surface area contributed by atoms with Crippen molar-refractivity contribution in [3.63, 3.8) is 0 Å². The van der Waals surface area contributed by atoms with E-state index in [1.807, 2.05) is 18.2 Å². The van der Waals surface area contributed by atoms with Gasteiger partial charge in [-0.15, -0.1) is 11.3 Å². The Bertz CT molecular complexity index is 637. The number of rotatable bonds is 2. The van der Waals surface area contributed by atoms with E-state index in [-0.39, 0.29) is 5.12 Å². The molecular formula is C13H11NO2S2. The minimum Gasteiger partial charge on any atom is -0.497 e. The molecule has 0 saturated carbocycles. The lowest BCUT2D eigenvalue weighted by atomic mass is 10.3. The van der Waals surface area contributed by atoms with Crippen LogP contribution in [-0.4, -0.2) is 23.0 Å². The van der Waals surface area contributed by atoms with Gasteiger partial charge in [-0.1, -0.05) is 17.7 Å². The minimum absolute atomic E-state index is 0.0818. The highest BCUT2D eigenvalue weighted by Gasteiger charge is 2.02. The van der Waals surface area contributed by atoms with Crippen LogP contribution in [0.15, 0.2) is 18.2 Å². The largest absolute Gasteiger partial charge is 0.497 e. The molecule has 1 aromatic carbocycles. The van der Waals surface area contributed by atoms with Crippen LogP contribution >= 0.6 is 23.1 Å². The van der Waals surface area contributed by atoms with Crippen molar-refractivity contribution in [3.05, 3.63) is 23.2 Å². The van der Waals surface area contributed by atoms with Crippen LogP contribution in [0.3, 0.4) is 0 Å². The summed E-state index contributed by atoms with van der Waals surface area (Å²) in [5.41, 5.74) is 0.921. The third kappa shape index (κ3) is 3.25. The SMILES string of the molecule is COc1ccc2nc(C#CCSC(C)=O)sc2c1. The lowest BCUT2D eigenvalue weighted by Gasteiger charge is -1.96. The number of thiazole rings is 1. The summed E-state index contributed by atoms with van der Waals surface area (Å²) in [6, 6.07) is 5.74. The molecule has 0 spiro atoms. The molecule has 0 atom stereocenters. The number of thioether (sulfide) groups is 1. The third-order valence-corrected chi connectivity index (χ3v) is 3.77. The highest BCUT2D eigenvalue weighted by atomic mass is 32.2. The number of ether oxygens (including phenoxy) is 1. The summed E-state index contributed by atoms with van der Waals surface area (Å²) in [6.07, 6.45) is 0. The average molecular weight is 277 g/mol. The summed E-state index contributed by atoms with van der Waals surface area (Å²) in [6.45, 7) is 1.54. The Labute approximate surface area is 114 Å². The minimum atomic E-state index is 0.0818. The van der Waals surface area contributed by atoms with Crippen LogP contribution in [-0.2, 0) is 4.79 Å². The van der Waals surface area contributed by atoms with Gasteiger partial charge in [-0.3, -0.25) is 4.79 Å². The van der Waals surface area contributed by atoms with Gasteiger partial charge in [0.2, 0.25) is 0 Å². The van der Waals surface area contributed by atoms with Crippen molar-refractivity contribution in [1.82, 2.24) is 4.98 Å². The predicted molar refractivity (Wildman–Crippen MR) is 76.2 cm³/mol. The van der Waals surface area contributed by atoms with E-state index in [2.05, 4.69) is 16.8 Å². The van der Waals surface area contributed by atoms with E-state index in [9.17, 15) is 4.79 Å². The molecule has 0 fully saturated rings. The van der Waals surface area contributed by atoms with E-state index < -0.39 is 0 Å². The summed E-state index contributed by atoms with van der Waals surface area (Å²) < 4.78 is 6.21. The number of carbonyl (C=O) groups excluding carboxylic acids is 1. The molecule has 0 radical (unpaired) electrons.